The van der Waals surface area contributed by atoms with Crippen molar-refractivity contribution in [3.05, 3.63) is 200 Å². The minimum atomic E-state index is 0.568. The van der Waals surface area contributed by atoms with Crippen LogP contribution in [0.3, 0.4) is 0 Å². The zero-order chi connectivity index (χ0) is 36.6. The van der Waals surface area contributed by atoms with Gasteiger partial charge in [0.2, 0.25) is 5.96 Å². The van der Waals surface area contributed by atoms with Crippen molar-refractivity contribution >= 4 is 40.0 Å². The van der Waals surface area contributed by atoms with Gasteiger partial charge in [-0.15, -0.1) is 0 Å². The topological polar surface area (TPSA) is 43.2 Å². The number of benzene rings is 6. The van der Waals surface area contributed by atoms with Crippen molar-refractivity contribution in [3.8, 4) is 22.3 Å². The molecule has 6 aromatic rings. The normalized spacial score (nSPS) is 14.5. The lowest BCUT2D eigenvalue weighted by Gasteiger charge is -2.34. The molecule has 1 N–H and O–H groups in total. The fourth-order valence-electron chi connectivity index (χ4n) is 6.86. The number of nitrogens with one attached hydrogen (secondary N) is 1. The zero-order valence-electron chi connectivity index (χ0n) is 30.3. The van der Waals surface area contributed by atoms with Crippen LogP contribution >= 0.6 is 0 Å². The number of hydrogen-bond acceptors (Lipinski definition) is 2. The minimum Gasteiger partial charge on any atom is -0.373 e. The quantitative estimate of drug-likeness (QED) is 0.148. The average Bonchev–Trinajstić information content (AvgIpc) is 3.23. The molecule has 5 heteroatoms. The number of rotatable bonds is 4. The van der Waals surface area contributed by atoms with Crippen LogP contribution in [0.2, 0.25) is 0 Å². The molecule has 6 aromatic carbocycles. The lowest BCUT2D eigenvalue weighted by atomic mass is 9.97. The molecule has 0 aliphatic carbocycles. The highest BCUT2D eigenvalue weighted by molar-refractivity contribution is 6.10. The number of aliphatic imine (C=N–C) groups is 2. The molecule has 0 unspecified atom stereocenters. The summed E-state index contributed by atoms with van der Waals surface area (Å²) in [5, 5.41) is 3.31. The van der Waals surface area contributed by atoms with Gasteiger partial charge in [0.05, 0.1) is 5.69 Å². The molecule has 1 aliphatic heterocycles. The van der Waals surface area contributed by atoms with E-state index in [9.17, 15) is 0 Å². The Balaban J connectivity index is 1.38. The van der Waals surface area contributed by atoms with Crippen molar-refractivity contribution in [2.45, 2.75) is 0 Å². The van der Waals surface area contributed by atoms with Gasteiger partial charge in [-0.3, -0.25) is 4.99 Å². The number of para-hydroxylation sites is 3. The standard InChI is InChI=1S/C48H43N5/c1-35-27-28-36(2)42-22-12-15-25-45(42)53(48(50-4)51-47(49-3)40-19-9-6-10-20-40)34-33-52(44-24-14-11-21-41(35)44)46-26-16-13-23-43(46)39-31-29-38(30-32-39)37-17-7-5-8-18-37/h5-32H,1-2,33-34H2,3-4H3,(H,49,50,51)/b28-27-. The molecule has 0 bridgehead atoms. The molecule has 0 saturated heterocycles. The largest absolute Gasteiger partial charge is 0.373 e. The molecule has 1 heterocycles. The van der Waals surface area contributed by atoms with Crippen LogP contribution in [0.4, 0.5) is 17.1 Å². The number of allylic oxidation sites excluding steroid dienone is 4. The Labute approximate surface area is 313 Å². The third-order valence-electron chi connectivity index (χ3n) is 9.55. The molecule has 0 fully saturated rings. The molecule has 0 radical (unpaired) electrons. The lowest BCUT2D eigenvalue weighted by molar-refractivity contribution is 0.892. The van der Waals surface area contributed by atoms with Gasteiger partial charge in [0.15, 0.2) is 0 Å². The van der Waals surface area contributed by atoms with Gasteiger partial charge in [0.25, 0.3) is 0 Å². The fourth-order valence-corrected chi connectivity index (χ4v) is 6.86. The van der Waals surface area contributed by atoms with E-state index in [1.165, 1.54) is 11.1 Å². The van der Waals surface area contributed by atoms with Crippen molar-refractivity contribution in [1.82, 2.24) is 5.32 Å². The Morgan fingerprint density at radius 2 is 1.00 bits per heavy atom. The monoisotopic (exact) mass is 689 g/mol. The second-order valence-electron chi connectivity index (χ2n) is 12.8. The van der Waals surface area contributed by atoms with E-state index in [-0.39, 0.29) is 0 Å². The molecule has 0 atom stereocenters. The van der Waals surface area contributed by atoms with Crippen molar-refractivity contribution in [1.29, 1.82) is 0 Å². The van der Waals surface area contributed by atoms with Crippen LogP contribution < -0.4 is 15.1 Å². The van der Waals surface area contributed by atoms with Crippen molar-refractivity contribution < 1.29 is 0 Å². The molecule has 0 saturated carbocycles. The van der Waals surface area contributed by atoms with Gasteiger partial charge in [0.1, 0.15) is 5.84 Å². The second-order valence-corrected chi connectivity index (χ2v) is 12.8. The van der Waals surface area contributed by atoms with Gasteiger partial charge in [-0.05, 0) is 46.0 Å². The molecule has 0 aromatic heterocycles. The van der Waals surface area contributed by atoms with Crippen LogP contribution in [0.1, 0.15) is 16.7 Å². The van der Waals surface area contributed by atoms with E-state index in [4.69, 9.17) is 9.98 Å². The number of amidine groups is 1. The minimum absolute atomic E-state index is 0.568. The van der Waals surface area contributed by atoms with Crippen molar-refractivity contribution in [3.63, 3.8) is 0 Å². The number of hydrogen-bond donors (Lipinski definition) is 1. The summed E-state index contributed by atoms with van der Waals surface area (Å²) < 4.78 is 0. The zero-order valence-corrected chi connectivity index (χ0v) is 30.3. The highest BCUT2D eigenvalue weighted by Crippen LogP contribution is 2.40. The third kappa shape index (κ3) is 7.51. The van der Waals surface area contributed by atoms with Crippen LogP contribution in [0.5, 0.6) is 0 Å². The summed E-state index contributed by atoms with van der Waals surface area (Å²) in [6.07, 6.45) is 4.12. The Bertz CT molecular complexity index is 2320. The first-order valence-corrected chi connectivity index (χ1v) is 17.9. The Kier molecular flexibility index (Phi) is 10.5. The second kappa shape index (κ2) is 16.1. The summed E-state index contributed by atoms with van der Waals surface area (Å²) in [6, 6.07) is 55.0. The number of anilines is 3. The number of guanidine groups is 1. The van der Waals surface area contributed by atoms with Crippen molar-refractivity contribution in [2.75, 3.05) is 37.0 Å². The highest BCUT2D eigenvalue weighted by atomic mass is 15.3. The first kappa shape index (κ1) is 34.7. The summed E-state index contributed by atoms with van der Waals surface area (Å²) in [7, 11) is 3.70. The van der Waals surface area contributed by atoms with Gasteiger partial charge in [0, 0.05) is 60.8 Å². The molecule has 260 valence electrons. The molecule has 0 spiro atoms. The van der Waals surface area contributed by atoms with E-state index in [1.54, 1.807) is 7.05 Å². The van der Waals surface area contributed by atoms with E-state index in [0.717, 1.165) is 61.9 Å². The summed E-state index contributed by atoms with van der Waals surface area (Å²) in [4.78, 5) is 14.6. The van der Waals surface area contributed by atoms with Crippen LogP contribution in [-0.4, -0.2) is 39.0 Å². The highest BCUT2D eigenvalue weighted by Gasteiger charge is 2.24. The first-order chi connectivity index (χ1) is 26.1. The van der Waals surface area contributed by atoms with Gasteiger partial charge in [-0.2, -0.15) is 4.99 Å². The predicted molar refractivity (Wildman–Crippen MR) is 227 cm³/mol. The maximum Gasteiger partial charge on any atom is 0.227 e. The number of fused-ring (bicyclic) bond motifs is 2. The van der Waals surface area contributed by atoms with Crippen LogP contribution in [-0.2, 0) is 0 Å². The van der Waals surface area contributed by atoms with E-state index < -0.39 is 0 Å². The molecule has 53 heavy (non-hydrogen) atoms. The Hall–Kier alpha value is -6.72. The summed E-state index contributed by atoms with van der Waals surface area (Å²) >= 11 is 0. The molecular formula is C48H43N5. The average molecular weight is 690 g/mol. The third-order valence-corrected chi connectivity index (χ3v) is 9.55. The van der Waals surface area contributed by atoms with Crippen LogP contribution in [0.25, 0.3) is 33.4 Å². The number of nitrogens with zero attached hydrogens (tertiary/aromatic N) is 4. The molecule has 0 amide bonds. The smallest absolute Gasteiger partial charge is 0.227 e. The van der Waals surface area contributed by atoms with E-state index in [0.29, 0.717) is 19.0 Å². The summed E-state index contributed by atoms with van der Waals surface area (Å²) in [6.45, 7) is 10.2. The Morgan fingerprint density at radius 1 is 0.528 bits per heavy atom. The molecule has 7 rings (SSSR count). The Morgan fingerprint density at radius 3 is 1.60 bits per heavy atom. The lowest BCUT2D eigenvalue weighted by Crippen LogP contribution is -2.39. The SMILES string of the molecule is C=C1/C=C\C(=C)c2ccccc2N(c2ccccc2-c2ccc(-c3ccccc3)cc2)CCN(C(N=C(NC)c2ccccc2)=NC)c2ccccc21. The predicted octanol–water partition coefficient (Wildman–Crippen LogP) is 10.9. The van der Waals surface area contributed by atoms with Crippen LogP contribution in [0, 0.1) is 0 Å². The van der Waals surface area contributed by atoms with E-state index in [2.05, 4.69) is 156 Å². The van der Waals surface area contributed by atoms with Crippen LogP contribution in [0.15, 0.2) is 193 Å². The van der Waals surface area contributed by atoms with Gasteiger partial charge in [-0.1, -0.05) is 165 Å². The van der Waals surface area contributed by atoms with Gasteiger partial charge in [-0.25, -0.2) is 0 Å². The summed E-state index contributed by atoms with van der Waals surface area (Å²) in [5.41, 5.74) is 12.6. The maximum atomic E-state index is 5.15. The molecular weight excluding hydrogens is 647 g/mol. The van der Waals surface area contributed by atoms with Gasteiger partial charge >= 0.3 is 0 Å². The first-order valence-electron chi connectivity index (χ1n) is 17.9. The fraction of sp³-hybridized carbons (Fsp3) is 0.0833. The van der Waals surface area contributed by atoms with E-state index >= 15 is 0 Å². The van der Waals surface area contributed by atoms with E-state index in [1.807, 2.05) is 49.5 Å². The van der Waals surface area contributed by atoms with Gasteiger partial charge < -0.3 is 15.1 Å². The van der Waals surface area contributed by atoms with Crippen molar-refractivity contribution in [2.24, 2.45) is 9.98 Å². The molecule has 5 nitrogen and oxygen atoms in total. The summed E-state index contributed by atoms with van der Waals surface area (Å²) in [5.74, 6) is 1.32. The maximum absolute atomic E-state index is 5.15. The molecule has 1 aliphatic rings.